The van der Waals surface area contributed by atoms with E-state index in [9.17, 15) is 4.79 Å². The molecule has 0 unspecified atom stereocenters. The number of hydrogen-bond acceptors (Lipinski definition) is 4. The van der Waals surface area contributed by atoms with Gasteiger partial charge in [0.15, 0.2) is 5.17 Å². The van der Waals surface area contributed by atoms with Gasteiger partial charge in [-0.15, -0.1) is 0 Å². The second-order valence-corrected chi connectivity index (χ2v) is 5.80. The lowest BCUT2D eigenvalue weighted by molar-refractivity contribution is -0.115. The average Bonchev–Trinajstić information content (AvgIpc) is 3.00. The number of thioether (sulfide) groups is 1. The maximum Gasteiger partial charge on any atom is 0.264 e. The van der Waals surface area contributed by atoms with E-state index in [1.807, 2.05) is 50.2 Å². The summed E-state index contributed by atoms with van der Waals surface area (Å²) in [4.78, 5) is 16.9. The fourth-order valence-corrected chi connectivity index (χ4v) is 2.70. The molecule has 0 spiro atoms. The summed E-state index contributed by atoms with van der Waals surface area (Å²) >= 11 is 1.31. The molecule has 1 saturated heterocycles. The molecular weight excluding hydrogens is 284 g/mol. The highest BCUT2D eigenvalue weighted by atomic mass is 32.2. The average molecular weight is 298 g/mol. The zero-order valence-corrected chi connectivity index (χ0v) is 12.5. The molecule has 1 fully saturated rings. The number of nitrogens with zero attached hydrogens (tertiary/aromatic N) is 1. The molecule has 0 atom stereocenters. The van der Waals surface area contributed by atoms with Crippen LogP contribution in [0.1, 0.15) is 17.1 Å². The van der Waals surface area contributed by atoms with Gasteiger partial charge in [0.05, 0.1) is 10.6 Å². The number of aryl methyl sites for hydroxylation is 2. The summed E-state index contributed by atoms with van der Waals surface area (Å²) in [6, 6.07) is 11.5. The Morgan fingerprint density at radius 3 is 2.57 bits per heavy atom. The third kappa shape index (κ3) is 3.25. The van der Waals surface area contributed by atoms with Crippen molar-refractivity contribution >= 4 is 34.6 Å². The van der Waals surface area contributed by atoms with Crippen molar-refractivity contribution in [3.05, 3.63) is 58.4 Å². The normalized spacial score (nSPS) is 18.5. The van der Waals surface area contributed by atoms with Crippen molar-refractivity contribution in [1.29, 1.82) is 0 Å². The van der Waals surface area contributed by atoms with E-state index in [4.69, 9.17) is 4.42 Å². The molecular formula is C16H14N2O2S. The molecule has 1 aliphatic heterocycles. The SMILES string of the molecule is Cc1ccc(N=C2NC(=O)/C(=C/c3ccc(C)o3)S2)cc1. The Morgan fingerprint density at radius 1 is 1.14 bits per heavy atom. The Morgan fingerprint density at radius 2 is 1.90 bits per heavy atom. The number of nitrogens with one attached hydrogen (secondary N) is 1. The molecule has 2 heterocycles. The molecule has 0 bridgehead atoms. The Kier molecular flexibility index (Phi) is 3.66. The van der Waals surface area contributed by atoms with Gasteiger partial charge in [-0.2, -0.15) is 0 Å². The Balaban J connectivity index is 1.81. The molecule has 2 aromatic rings. The van der Waals surface area contributed by atoms with Gasteiger partial charge in [0.25, 0.3) is 5.91 Å². The third-order valence-corrected chi connectivity index (χ3v) is 3.86. The second kappa shape index (κ2) is 5.61. The number of hydrogen-bond donors (Lipinski definition) is 1. The van der Waals surface area contributed by atoms with Crippen LogP contribution < -0.4 is 5.32 Å². The van der Waals surface area contributed by atoms with Crippen molar-refractivity contribution in [2.45, 2.75) is 13.8 Å². The van der Waals surface area contributed by atoms with Crippen LogP contribution in [0.3, 0.4) is 0 Å². The van der Waals surface area contributed by atoms with Crippen molar-refractivity contribution in [3.63, 3.8) is 0 Å². The van der Waals surface area contributed by atoms with Gasteiger partial charge in [-0.05, 0) is 49.9 Å². The van der Waals surface area contributed by atoms with Crippen LogP contribution >= 0.6 is 11.8 Å². The number of rotatable bonds is 2. The van der Waals surface area contributed by atoms with Gasteiger partial charge in [0, 0.05) is 6.08 Å². The number of carbonyl (C=O) groups excluding carboxylic acids is 1. The Labute approximate surface area is 127 Å². The first-order valence-electron chi connectivity index (χ1n) is 6.53. The van der Waals surface area contributed by atoms with E-state index in [1.54, 1.807) is 6.08 Å². The predicted molar refractivity (Wildman–Crippen MR) is 85.4 cm³/mol. The number of amides is 1. The number of furan rings is 1. The summed E-state index contributed by atoms with van der Waals surface area (Å²) in [6.45, 7) is 3.89. The van der Waals surface area contributed by atoms with E-state index < -0.39 is 0 Å². The molecule has 1 aromatic heterocycles. The molecule has 106 valence electrons. The molecule has 1 aliphatic rings. The Hall–Kier alpha value is -2.27. The van der Waals surface area contributed by atoms with Gasteiger partial charge in [0.1, 0.15) is 11.5 Å². The van der Waals surface area contributed by atoms with Gasteiger partial charge in [-0.3, -0.25) is 4.79 Å². The fraction of sp³-hybridized carbons (Fsp3) is 0.125. The zero-order chi connectivity index (χ0) is 14.8. The van der Waals surface area contributed by atoms with Crippen molar-refractivity contribution < 1.29 is 9.21 Å². The standard InChI is InChI=1S/C16H14N2O2S/c1-10-3-6-12(7-4-10)17-16-18-15(19)14(21-16)9-13-8-5-11(2)20-13/h3-9H,1-2H3,(H,17,18,19)/b14-9-. The maximum absolute atomic E-state index is 11.9. The molecule has 5 heteroatoms. The fourth-order valence-electron chi connectivity index (χ4n) is 1.88. The summed E-state index contributed by atoms with van der Waals surface area (Å²) in [5, 5.41) is 3.34. The Bertz CT molecular complexity index is 742. The van der Waals surface area contributed by atoms with Crippen LogP contribution in [0.4, 0.5) is 5.69 Å². The summed E-state index contributed by atoms with van der Waals surface area (Å²) in [7, 11) is 0. The van der Waals surface area contributed by atoms with Crippen molar-refractivity contribution in [3.8, 4) is 0 Å². The summed E-state index contributed by atoms with van der Waals surface area (Å²) < 4.78 is 5.45. The van der Waals surface area contributed by atoms with Gasteiger partial charge >= 0.3 is 0 Å². The molecule has 1 amide bonds. The van der Waals surface area contributed by atoms with Crippen LogP contribution in [0.5, 0.6) is 0 Å². The number of aliphatic imine (C=N–C) groups is 1. The first-order chi connectivity index (χ1) is 10.1. The first-order valence-corrected chi connectivity index (χ1v) is 7.34. The van der Waals surface area contributed by atoms with Crippen LogP contribution in [0.15, 0.2) is 50.7 Å². The van der Waals surface area contributed by atoms with E-state index >= 15 is 0 Å². The second-order valence-electron chi connectivity index (χ2n) is 4.77. The summed E-state index contributed by atoms with van der Waals surface area (Å²) in [5.41, 5.74) is 1.99. The van der Waals surface area contributed by atoms with Gasteiger partial charge in [0.2, 0.25) is 0 Å². The molecule has 21 heavy (non-hydrogen) atoms. The van der Waals surface area contributed by atoms with E-state index in [1.165, 1.54) is 17.3 Å². The number of benzene rings is 1. The zero-order valence-electron chi connectivity index (χ0n) is 11.7. The molecule has 0 aliphatic carbocycles. The minimum atomic E-state index is -0.153. The molecule has 1 N–H and O–H groups in total. The summed E-state index contributed by atoms with van der Waals surface area (Å²) in [5.74, 6) is 1.33. The minimum absolute atomic E-state index is 0.153. The van der Waals surface area contributed by atoms with Crippen molar-refractivity contribution in [2.75, 3.05) is 0 Å². The maximum atomic E-state index is 11.9. The smallest absolute Gasteiger partial charge is 0.264 e. The van der Waals surface area contributed by atoms with E-state index in [2.05, 4.69) is 10.3 Å². The third-order valence-electron chi connectivity index (χ3n) is 2.95. The van der Waals surface area contributed by atoms with Crippen LogP contribution in [-0.4, -0.2) is 11.1 Å². The monoisotopic (exact) mass is 298 g/mol. The lowest BCUT2D eigenvalue weighted by Crippen LogP contribution is -2.19. The van der Waals surface area contributed by atoms with Crippen LogP contribution in [0.2, 0.25) is 0 Å². The minimum Gasteiger partial charge on any atom is -0.462 e. The molecule has 0 radical (unpaired) electrons. The van der Waals surface area contributed by atoms with Crippen LogP contribution in [0.25, 0.3) is 6.08 Å². The van der Waals surface area contributed by atoms with Gasteiger partial charge in [-0.1, -0.05) is 17.7 Å². The van der Waals surface area contributed by atoms with E-state index in [0.29, 0.717) is 15.8 Å². The first kappa shape index (κ1) is 13.7. The van der Waals surface area contributed by atoms with Crippen molar-refractivity contribution in [2.24, 2.45) is 4.99 Å². The van der Waals surface area contributed by atoms with Crippen molar-refractivity contribution in [1.82, 2.24) is 5.32 Å². The topological polar surface area (TPSA) is 54.6 Å². The highest BCUT2D eigenvalue weighted by molar-refractivity contribution is 8.18. The largest absolute Gasteiger partial charge is 0.462 e. The molecule has 0 saturated carbocycles. The highest BCUT2D eigenvalue weighted by Crippen LogP contribution is 2.28. The molecule has 3 rings (SSSR count). The number of carbonyl (C=O) groups is 1. The lowest BCUT2D eigenvalue weighted by atomic mass is 10.2. The quantitative estimate of drug-likeness (QED) is 0.858. The van der Waals surface area contributed by atoms with E-state index in [0.717, 1.165) is 11.4 Å². The van der Waals surface area contributed by atoms with Gasteiger partial charge in [-0.25, -0.2) is 4.99 Å². The predicted octanol–water partition coefficient (Wildman–Crippen LogP) is 3.79. The molecule has 4 nitrogen and oxygen atoms in total. The van der Waals surface area contributed by atoms with Crippen LogP contribution in [-0.2, 0) is 4.79 Å². The molecule has 1 aromatic carbocycles. The highest BCUT2D eigenvalue weighted by Gasteiger charge is 2.24. The van der Waals surface area contributed by atoms with Gasteiger partial charge < -0.3 is 9.73 Å². The number of amidine groups is 1. The lowest BCUT2D eigenvalue weighted by Gasteiger charge is -1.96. The van der Waals surface area contributed by atoms with Crippen LogP contribution in [0, 0.1) is 13.8 Å². The summed E-state index contributed by atoms with van der Waals surface area (Å²) in [6.07, 6.45) is 1.73. The van der Waals surface area contributed by atoms with E-state index in [-0.39, 0.29) is 5.91 Å².